The number of ether oxygens (including phenoxy) is 1. The second-order valence-corrected chi connectivity index (χ2v) is 3.72. The number of rotatable bonds is 4. The van der Waals surface area contributed by atoms with Crippen molar-refractivity contribution in [3.05, 3.63) is 5.82 Å². The van der Waals surface area contributed by atoms with Gasteiger partial charge >= 0.3 is 0 Å². The van der Waals surface area contributed by atoms with Crippen molar-refractivity contribution in [3.63, 3.8) is 0 Å². The van der Waals surface area contributed by atoms with Crippen LogP contribution in [0.1, 0.15) is 19.7 Å². The van der Waals surface area contributed by atoms with Crippen LogP contribution in [0.3, 0.4) is 0 Å². The summed E-state index contributed by atoms with van der Waals surface area (Å²) in [5.41, 5.74) is -0.598. The van der Waals surface area contributed by atoms with E-state index in [1.165, 1.54) is 4.80 Å². The molecule has 0 amide bonds. The van der Waals surface area contributed by atoms with Crippen molar-refractivity contribution < 1.29 is 9.84 Å². The van der Waals surface area contributed by atoms with Crippen molar-refractivity contribution in [1.82, 2.24) is 20.2 Å². The van der Waals surface area contributed by atoms with Gasteiger partial charge in [-0.1, -0.05) is 0 Å². The first-order chi connectivity index (χ1) is 6.45. The number of hydrogen-bond donors (Lipinski definition) is 1. The molecule has 80 valence electrons. The summed E-state index contributed by atoms with van der Waals surface area (Å²) >= 11 is 0. The molecule has 6 nitrogen and oxygen atoms in total. The highest BCUT2D eigenvalue weighted by Gasteiger charge is 2.28. The van der Waals surface area contributed by atoms with E-state index in [-0.39, 0.29) is 0 Å². The Morgan fingerprint density at radius 2 is 2.21 bits per heavy atom. The van der Waals surface area contributed by atoms with Crippen molar-refractivity contribution in [1.29, 1.82) is 0 Å². The van der Waals surface area contributed by atoms with Crippen LogP contribution >= 0.6 is 0 Å². The Labute approximate surface area is 82.9 Å². The van der Waals surface area contributed by atoms with Gasteiger partial charge in [-0.05, 0) is 19.1 Å². The molecule has 1 rings (SSSR count). The fraction of sp³-hybridized carbons (Fsp3) is 0.875. The lowest BCUT2D eigenvalue weighted by atomic mass is 9.98. The maximum absolute atomic E-state index is 9.80. The van der Waals surface area contributed by atoms with Crippen molar-refractivity contribution in [2.24, 2.45) is 7.05 Å². The van der Waals surface area contributed by atoms with Gasteiger partial charge in [-0.15, -0.1) is 10.2 Å². The van der Waals surface area contributed by atoms with Crippen LogP contribution in [-0.2, 0) is 18.2 Å². The molecule has 0 aliphatic heterocycles. The lowest BCUT2D eigenvalue weighted by Gasteiger charge is -2.28. The lowest BCUT2D eigenvalue weighted by molar-refractivity contribution is -0.0772. The molecule has 0 fully saturated rings. The summed E-state index contributed by atoms with van der Waals surface area (Å²) in [7, 11) is 3.25. The Kier molecular flexibility index (Phi) is 3.17. The molecule has 1 unspecified atom stereocenters. The Hall–Kier alpha value is -1.01. The predicted octanol–water partition coefficient (Wildman–Crippen LogP) is -0.462. The Bertz CT molecular complexity index is 297. The minimum Gasteiger partial charge on any atom is -0.390 e. The highest BCUT2D eigenvalue weighted by atomic mass is 16.5. The van der Waals surface area contributed by atoms with Gasteiger partial charge in [-0.3, -0.25) is 0 Å². The van der Waals surface area contributed by atoms with Crippen molar-refractivity contribution >= 4 is 0 Å². The highest BCUT2D eigenvalue weighted by Crippen LogP contribution is 2.15. The molecule has 1 aromatic rings. The van der Waals surface area contributed by atoms with E-state index in [2.05, 4.69) is 15.4 Å². The fourth-order valence-electron chi connectivity index (χ4n) is 0.960. The van der Waals surface area contributed by atoms with Crippen LogP contribution in [0.5, 0.6) is 0 Å². The minimum atomic E-state index is -0.642. The van der Waals surface area contributed by atoms with Gasteiger partial charge in [0.25, 0.3) is 0 Å². The fourth-order valence-corrected chi connectivity index (χ4v) is 0.960. The molecule has 1 atom stereocenters. The topological polar surface area (TPSA) is 73.1 Å². The molecule has 14 heavy (non-hydrogen) atoms. The Balaban J connectivity index is 2.61. The van der Waals surface area contributed by atoms with E-state index >= 15 is 0 Å². The molecule has 1 N–H and O–H groups in total. The summed E-state index contributed by atoms with van der Waals surface area (Å²) in [6, 6.07) is 0. The Morgan fingerprint density at radius 1 is 1.57 bits per heavy atom. The van der Waals surface area contributed by atoms with E-state index in [1.54, 1.807) is 14.2 Å². The zero-order valence-corrected chi connectivity index (χ0v) is 8.93. The van der Waals surface area contributed by atoms with Crippen LogP contribution in [0.15, 0.2) is 0 Å². The van der Waals surface area contributed by atoms with Crippen LogP contribution in [-0.4, -0.2) is 44.1 Å². The number of tetrazole rings is 1. The molecule has 0 aliphatic rings. The third-order valence-corrected chi connectivity index (χ3v) is 2.25. The number of methoxy groups -OCH3 is 1. The van der Waals surface area contributed by atoms with Crippen molar-refractivity contribution in [2.45, 2.75) is 32.0 Å². The molecule has 0 saturated heterocycles. The first kappa shape index (κ1) is 11.1. The van der Waals surface area contributed by atoms with Gasteiger partial charge in [-0.25, -0.2) is 0 Å². The SMILES string of the molecule is COC(C)(C)C(O)Cc1nnn(C)n1. The molecular formula is C8H16N4O2. The summed E-state index contributed by atoms with van der Waals surface area (Å²) in [6.07, 6.45) is -0.300. The zero-order chi connectivity index (χ0) is 10.8. The second-order valence-electron chi connectivity index (χ2n) is 3.72. The average molecular weight is 200 g/mol. The van der Waals surface area contributed by atoms with Crippen LogP contribution in [0, 0.1) is 0 Å². The van der Waals surface area contributed by atoms with Crippen LogP contribution in [0.4, 0.5) is 0 Å². The summed E-state index contributed by atoms with van der Waals surface area (Å²) in [4.78, 5) is 1.36. The van der Waals surface area contributed by atoms with Crippen LogP contribution in [0.25, 0.3) is 0 Å². The van der Waals surface area contributed by atoms with E-state index < -0.39 is 11.7 Å². The number of aliphatic hydroxyl groups excluding tert-OH is 1. The highest BCUT2D eigenvalue weighted by molar-refractivity contribution is 4.88. The monoisotopic (exact) mass is 200 g/mol. The molecule has 0 aromatic carbocycles. The van der Waals surface area contributed by atoms with Gasteiger partial charge in [0, 0.05) is 13.5 Å². The number of aromatic nitrogens is 4. The minimum absolute atomic E-state index is 0.342. The molecule has 1 aromatic heterocycles. The quantitative estimate of drug-likeness (QED) is 0.712. The normalized spacial score (nSPS) is 14.4. The largest absolute Gasteiger partial charge is 0.390 e. The van der Waals surface area contributed by atoms with Gasteiger partial charge in [-0.2, -0.15) is 4.80 Å². The van der Waals surface area contributed by atoms with Crippen molar-refractivity contribution in [3.8, 4) is 0 Å². The lowest BCUT2D eigenvalue weighted by Crippen LogP contribution is -2.39. The van der Waals surface area contributed by atoms with Crippen molar-refractivity contribution in [2.75, 3.05) is 7.11 Å². The van der Waals surface area contributed by atoms with Gasteiger partial charge in [0.1, 0.15) is 0 Å². The molecule has 0 spiro atoms. The zero-order valence-electron chi connectivity index (χ0n) is 8.93. The summed E-state index contributed by atoms with van der Waals surface area (Å²) in [5.74, 6) is 0.519. The van der Waals surface area contributed by atoms with E-state index in [0.29, 0.717) is 12.2 Å². The summed E-state index contributed by atoms with van der Waals surface area (Å²) < 4.78 is 5.15. The first-order valence-electron chi connectivity index (χ1n) is 4.42. The van der Waals surface area contributed by atoms with Gasteiger partial charge in [0.05, 0.1) is 18.8 Å². The van der Waals surface area contributed by atoms with E-state index in [4.69, 9.17) is 4.74 Å². The molecule has 1 heterocycles. The van der Waals surface area contributed by atoms with E-state index in [0.717, 1.165) is 0 Å². The smallest absolute Gasteiger partial charge is 0.177 e. The van der Waals surface area contributed by atoms with Crippen LogP contribution < -0.4 is 0 Å². The second kappa shape index (κ2) is 4.02. The average Bonchev–Trinajstić information content (AvgIpc) is 2.51. The first-order valence-corrected chi connectivity index (χ1v) is 4.42. The van der Waals surface area contributed by atoms with Gasteiger partial charge in [0.15, 0.2) is 5.82 Å². The Morgan fingerprint density at radius 3 is 2.64 bits per heavy atom. The summed E-state index contributed by atoms with van der Waals surface area (Å²) in [6.45, 7) is 3.63. The third kappa shape index (κ3) is 2.49. The predicted molar refractivity (Wildman–Crippen MR) is 49.6 cm³/mol. The third-order valence-electron chi connectivity index (χ3n) is 2.25. The number of nitrogens with zero attached hydrogens (tertiary/aromatic N) is 4. The standard InChI is InChI=1S/C8H16N4O2/c1-8(2,14-4)6(13)5-7-9-11-12(3)10-7/h6,13H,5H2,1-4H3. The van der Waals surface area contributed by atoms with Crippen LogP contribution in [0.2, 0.25) is 0 Å². The maximum Gasteiger partial charge on any atom is 0.177 e. The number of aryl methyl sites for hydroxylation is 1. The van der Waals surface area contributed by atoms with Gasteiger partial charge in [0.2, 0.25) is 0 Å². The molecule has 6 heteroatoms. The van der Waals surface area contributed by atoms with E-state index in [1.807, 2.05) is 13.8 Å². The molecule has 0 saturated carbocycles. The maximum atomic E-state index is 9.80. The molecular weight excluding hydrogens is 184 g/mol. The van der Waals surface area contributed by atoms with E-state index in [9.17, 15) is 5.11 Å². The molecule has 0 bridgehead atoms. The number of hydrogen-bond acceptors (Lipinski definition) is 5. The molecule has 0 aliphatic carbocycles. The summed E-state index contributed by atoms with van der Waals surface area (Å²) in [5, 5.41) is 21.2. The number of aliphatic hydroxyl groups is 1. The van der Waals surface area contributed by atoms with Gasteiger partial charge < -0.3 is 9.84 Å². The molecule has 0 radical (unpaired) electrons.